The summed E-state index contributed by atoms with van der Waals surface area (Å²) in [5.41, 5.74) is 0.250. The quantitative estimate of drug-likeness (QED) is 0.422. The summed E-state index contributed by atoms with van der Waals surface area (Å²) in [5, 5.41) is 10.6. The molecule has 2 amide bonds. The molecule has 0 aliphatic carbocycles. The van der Waals surface area contributed by atoms with Gasteiger partial charge in [0.1, 0.15) is 5.36 Å². The summed E-state index contributed by atoms with van der Waals surface area (Å²) in [6.07, 6.45) is 1.34. The Balaban J connectivity index is 2.96. The molecule has 48 valence electrons. The van der Waals surface area contributed by atoms with Crippen LogP contribution < -0.4 is 10.8 Å². The number of hydrogen-bond acceptors (Lipinski definition) is 4. The third-order valence-corrected chi connectivity index (χ3v) is 1.02. The molecule has 1 aromatic heterocycles. The normalized spacial score (nSPS) is 13.8. The van der Waals surface area contributed by atoms with E-state index in [-0.39, 0.29) is 5.49 Å². The van der Waals surface area contributed by atoms with Gasteiger partial charge in [-0.1, -0.05) is 0 Å². The standard InChI is InChI=1S/C4HN5O/c10-4-6-2-1-5-9-8-3(2)7-4/h1H. The molecule has 1 aromatic rings. The Bertz CT molecular complexity index is 359. The van der Waals surface area contributed by atoms with Crippen LogP contribution in [0.1, 0.15) is 0 Å². The molecule has 0 N–H and O–H groups in total. The lowest BCUT2D eigenvalue weighted by atomic mass is 10.6. The summed E-state index contributed by atoms with van der Waals surface area (Å²) >= 11 is 0. The zero-order valence-corrected chi connectivity index (χ0v) is 4.72. The zero-order valence-electron chi connectivity index (χ0n) is 4.72. The number of carbonyl (C=O) groups is 1. The first-order valence-electron chi connectivity index (χ1n) is 2.52. The Morgan fingerprint density at radius 3 is 3.00 bits per heavy atom. The number of amides is 2. The minimum atomic E-state index is -0.544. The summed E-state index contributed by atoms with van der Waals surface area (Å²) < 4.78 is 0. The monoisotopic (exact) mass is 135 g/mol. The van der Waals surface area contributed by atoms with Crippen molar-refractivity contribution in [2.45, 2.75) is 0 Å². The Kier molecular flexibility index (Phi) is 0.830. The first-order chi connectivity index (χ1) is 4.86. The number of carbonyl (C=O) groups excluding carboxylic acids is 1. The van der Waals surface area contributed by atoms with Crippen LogP contribution >= 0.6 is 0 Å². The molecule has 0 fully saturated rings. The molecule has 2 rings (SSSR count). The van der Waals surface area contributed by atoms with Crippen LogP contribution in [0.2, 0.25) is 0 Å². The lowest BCUT2D eigenvalue weighted by molar-refractivity contribution is 0.256. The van der Waals surface area contributed by atoms with E-state index in [0.29, 0.717) is 5.36 Å². The van der Waals surface area contributed by atoms with E-state index in [2.05, 4.69) is 25.4 Å². The summed E-state index contributed by atoms with van der Waals surface area (Å²) in [7, 11) is 0. The fourth-order valence-corrected chi connectivity index (χ4v) is 0.635. The molecular formula is C4HN5O. The maximum absolute atomic E-state index is 10.5. The number of nitrogens with zero attached hydrogens (tertiary/aromatic N) is 5. The molecule has 0 radical (unpaired) electrons. The smallest absolute Gasteiger partial charge is 0.244 e. The molecule has 0 atom stereocenters. The van der Waals surface area contributed by atoms with Gasteiger partial charge < -0.3 is 0 Å². The van der Waals surface area contributed by atoms with Crippen molar-refractivity contribution in [1.29, 1.82) is 0 Å². The predicted octanol–water partition coefficient (Wildman–Crippen LogP) is -1.76. The van der Waals surface area contributed by atoms with Gasteiger partial charge in [0.25, 0.3) is 0 Å². The van der Waals surface area contributed by atoms with Crippen molar-refractivity contribution in [3.05, 3.63) is 17.0 Å². The van der Waals surface area contributed by atoms with Gasteiger partial charge in [-0.3, -0.25) is 0 Å². The van der Waals surface area contributed by atoms with Gasteiger partial charge in [-0.05, 0) is 5.21 Å². The van der Waals surface area contributed by atoms with E-state index < -0.39 is 6.03 Å². The topological polar surface area (TPSA) is 80.5 Å². The first kappa shape index (κ1) is 5.10. The van der Waals surface area contributed by atoms with E-state index in [4.69, 9.17) is 0 Å². The maximum atomic E-state index is 10.5. The average molecular weight is 135 g/mol. The van der Waals surface area contributed by atoms with E-state index in [0.717, 1.165) is 0 Å². The molecule has 6 heteroatoms. The van der Waals surface area contributed by atoms with Crippen molar-refractivity contribution in [1.82, 2.24) is 15.4 Å². The van der Waals surface area contributed by atoms with Crippen molar-refractivity contribution in [2.75, 3.05) is 0 Å². The summed E-state index contributed by atoms with van der Waals surface area (Å²) in [4.78, 5) is 17.4. The van der Waals surface area contributed by atoms with Crippen molar-refractivity contribution in [3.8, 4) is 0 Å². The third-order valence-electron chi connectivity index (χ3n) is 1.02. The van der Waals surface area contributed by atoms with Crippen LogP contribution in [0.3, 0.4) is 0 Å². The number of hydrogen-bond donors (Lipinski definition) is 0. The van der Waals surface area contributed by atoms with Crippen LogP contribution in [-0.4, -0.2) is 21.4 Å². The third kappa shape index (κ3) is 0.586. The van der Waals surface area contributed by atoms with Gasteiger partial charge in [0, 0.05) is 0 Å². The molecule has 0 aromatic carbocycles. The largest absolute Gasteiger partial charge is 0.369 e. The Labute approximate surface area is 54.3 Å². The number of aromatic nitrogens is 3. The van der Waals surface area contributed by atoms with Gasteiger partial charge in [0.2, 0.25) is 5.49 Å². The highest BCUT2D eigenvalue weighted by atomic mass is 16.2. The first-order valence-corrected chi connectivity index (χ1v) is 2.52. The molecule has 0 bridgehead atoms. The van der Waals surface area contributed by atoms with E-state index in [9.17, 15) is 4.79 Å². The predicted molar refractivity (Wildman–Crippen MR) is 27.5 cm³/mol. The summed E-state index contributed by atoms with van der Waals surface area (Å²) in [6, 6.07) is -0.544. The molecule has 1 aliphatic heterocycles. The molecule has 0 spiro atoms. The SMILES string of the molecule is O=C1N=c2cnnnc2=N1. The number of rotatable bonds is 0. The van der Waals surface area contributed by atoms with Crippen LogP contribution in [0.25, 0.3) is 0 Å². The molecule has 0 saturated heterocycles. The average Bonchev–Trinajstić information content (AvgIpc) is 2.27. The molecule has 2 heterocycles. The van der Waals surface area contributed by atoms with Crippen LogP contribution in [0, 0.1) is 0 Å². The number of urea groups is 1. The van der Waals surface area contributed by atoms with Crippen LogP contribution in [0.5, 0.6) is 0 Å². The van der Waals surface area contributed by atoms with Crippen molar-refractivity contribution < 1.29 is 4.79 Å². The number of fused-ring (bicyclic) bond motifs is 1. The Hall–Kier alpha value is -1.72. The van der Waals surface area contributed by atoms with E-state index in [1.54, 1.807) is 0 Å². The molecule has 6 nitrogen and oxygen atoms in total. The van der Waals surface area contributed by atoms with Crippen molar-refractivity contribution in [2.24, 2.45) is 9.98 Å². The van der Waals surface area contributed by atoms with E-state index in [1.807, 2.05) is 0 Å². The van der Waals surface area contributed by atoms with Crippen LogP contribution in [-0.2, 0) is 0 Å². The van der Waals surface area contributed by atoms with Gasteiger partial charge in [-0.2, -0.15) is 9.98 Å². The van der Waals surface area contributed by atoms with Gasteiger partial charge in [-0.25, -0.2) is 4.79 Å². The Morgan fingerprint density at radius 2 is 2.20 bits per heavy atom. The van der Waals surface area contributed by atoms with Gasteiger partial charge in [0.15, 0.2) is 0 Å². The molecule has 1 aliphatic rings. The van der Waals surface area contributed by atoms with Crippen molar-refractivity contribution >= 4 is 6.03 Å². The molecule has 10 heavy (non-hydrogen) atoms. The van der Waals surface area contributed by atoms with E-state index >= 15 is 0 Å². The zero-order chi connectivity index (χ0) is 6.97. The van der Waals surface area contributed by atoms with Crippen molar-refractivity contribution in [3.63, 3.8) is 0 Å². The molecule has 0 unspecified atom stereocenters. The Morgan fingerprint density at radius 1 is 1.30 bits per heavy atom. The van der Waals surface area contributed by atoms with Gasteiger partial charge >= 0.3 is 6.03 Å². The highest BCUT2D eigenvalue weighted by Gasteiger charge is 2.04. The van der Waals surface area contributed by atoms with Gasteiger partial charge in [0.05, 0.1) is 6.20 Å². The highest BCUT2D eigenvalue weighted by molar-refractivity contribution is 5.76. The second-order valence-electron chi connectivity index (χ2n) is 1.65. The lowest BCUT2D eigenvalue weighted by Gasteiger charge is -1.72. The van der Waals surface area contributed by atoms with Gasteiger partial charge in [-0.15, -0.1) is 10.2 Å². The second-order valence-corrected chi connectivity index (χ2v) is 1.65. The minimum Gasteiger partial charge on any atom is -0.244 e. The summed E-state index contributed by atoms with van der Waals surface area (Å²) in [5.74, 6) is 0. The fraction of sp³-hybridized carbons (Fsp3) is 0. The molecular weight excluding hydrogens is 134 g/mol. The van der Waals surface area contributed by atoms with Crippen LogP contribution in [0.15, 0.2) is 16.2 Å². The maximum Gasteiger partial charge on any atom is 0.369 e. The highest BCUT2D eigenvalue weighted by Crippen LogP contribution is 1.78. The second kappa shape index (κ2) is 1.63. The lowest BCUT2D eigenvalue weighted by Crippen LogP contribution is -2.27. The fourth-order valence-electron chi connectivity index (χ4n) is 0.635. The summed E-state index contributed by atoms with van der Waals surface area (Å²) in [6.45, 7) is 0. The minimum absolute atomic E-state index is 0.250. The molecule has 0 saturated carbocycles. The van der Waals surface area contributed by atoms with E-state index in [1.165, 1.54) is 6.20 Å². The van der Waals surface area contributed by atoms with Crippen LogP contribution in [0.4, 0.5) is 4.79 Å².